The average Bonchev–Trinajstić information content (AvgIpc) is 3.33. The van der Waals surface area contributed by atoms with Gasteiger partial charge in [0.2, 0.25) is 11.8 Å². The van der Waals surface area contributed by atoms with E-state index < -0.39 is 0 Å². The Bertz CT molecular complexity index is 1250. The van der Waals surface area contributed by atoms with Gasteiger partial charge in [0.05, 0.1) is 23.1 Å². The number of rotatable bonds is 4. The molecule has 0 saturated carbocycles. The Kier molecular flexibility index (Phi) is 5.09. The van der Waals surface area contributed by atoms with Crippen molar-refractivity contribution >= 4 is 44.7 Å². The van der Waals surface area contributed by atoms with E-state index in [4.69, 9.17) is 0 Å². The van der Waals surface area contributed by atoms with Crippen LogP contribution in [0.5, 0.6) is 0 Å². The van der Waals surface area contributed by atoms with Gasteiger partial charge in [-0.2, -0.15) is 0 Å². The van der Waals surface area contributed by atoms with Gasteiger partial charge >= 0.3 is 0 Å². The molecule has 2 aromatic heterocycles. The standard InChI is InChI=1S/C23H24N4O3S/c1-14-8-9-15-18(11-14)31-22-21(15)23(30)26(13-24-22)12-19(28)25-16-5-2-3-6-17(16)27-10-4-7-20(27)29/h2-3,5-6,13-14H,4,7-12H2,1H3,(H,25,28). The molecule has 3 heterocycles. The van der Waals surface area contributed by atoms with Crippen molar-refractivity contribution < 1.29 is 9.59 Å². The van der Waals surface area contributed by atoms with Crippen molar-refractivity contribution in [1.29, 1.82) is 0 Å². The predicted molar refractivity (Wildman–Crippen MR) is 122 cm³/mol. The van der Waals surface area contributed by atoms with E-state index in [0.29, 0.717) is 35.6 Å². The lowest BCUT2D eigenvalue weighted by molar-refractivity contribution is -0.117. The summed E-state index contributed by atoms with van der Waals surface area (Å²) in [6.07, 6.45) is 5.74. The first-order chi connectivity index (χ1) is 15.0. The molecule has 2 aliphatic rings. The topological polar surface area (TPSA) is 84.3 Å². The summed E-state index contributed by atoms with van der Waals surface area (Å²) >= 11 is 1.60. The second-order valence-corrected chi connectivity index (χ2v) is 9.51. The molecule has 1 saturated heterocycles. The zero-order valence-electron chi connectivity index (χ0n) is 17.4. The Morgan fingerprint density at radius 2 is 2.10 bits per heavy atom. The molecule has 1 fully saturated rings. The number of hydrogen-bond acceptors (Lipinski definition) is 5. The van der Waals surface area contributed by atoms with E-state index in [1.165, 1.54) is 15.8 Å². The number of hydrogen-bond donors (Lipinski definition) is 1. The molecule has 1 atom stereocenters. The van der Waals surface area contributed by atoms with Gasteiger partial charge < -0.3 is 10.2 Å². The van der Waals surface area contributed by atoms with Crippen molar-refractivity contribution in [2.45, 2.75) is 45.6 Å². The summed E-state index contributed by atoms with van der Waals surface area (Å²) in [5.74, 6) is 0.361. The summed E-state index contributed by atoms with van der Waals surface area (Å²) in [4.78, 5) is 46.3. The lowest BCUT2D eigenvalue weighted by Crippen LogP contribution is -2.29. The second-order valence-electron chi connectivity index (χ2n) is 8.42. The molecule has 0 spiro atoms. The normalized spacial score (nSPS) is 18.4. The zero-order valence-corrected chi connectivity index (χ0v) is 18.2. The molecule has 1 N–H and O–H groups in total. The van der Waals surface area contributed by atoms with E-state index in [2.05, 4.69) is 17.2 Å². The highest BCUT2D eigenvalue weighted by atomic mass is 32.1. The van der Waals surface area contributed by atoms with Crippen molar-refractivity contribution in [3.63, 3.8) is 0 Å². The molecule has 1 aliphatic carbocycles. The molecule has 31 heavy (non-hydrogen) atoms. The number of benzene rings is 1. The van der Waals surface area contributed by atoms with Crippen LogP contribution >= 0.6 is 11.3 Å². The molecule has 1 aromatic carbocycles. The molecule has 1 aliphatic heterocycles. The number of fused-ring (bicyclic) bond motifs is 3. The Morgan fingerprint density at radius 3 is 2.90 bits per heavy atom. The maximum atomic E-state index is 13.1. The lowest BCUT2D eigenvalue weighted by atomic mass is 9.89. The van der Waals surface area contributed by atoms with Crippen LogP contribution in [0.4, 0.5) is 11.4 Å². The third kappa shape index (κ3) is 3.65. The van der Waals surface area contributed by atoms with Crippen molar-refractivity contribution in [3.05, 3.63) is 51.4 Å². The van der Waals surface area contributed by atoms with Crippen LogP contribution in [0, 0.1) is 5.92 Å². The molecule has 2 amide bonds. The fourth-order valence-corrected chi connectivity index (χ4v) is 5.88. The van der Waals surface area contributed by atoms with Crippen LogP contribution in [0.25, 0.3) is 10.2 Å². The van der Waals surface area contributed by atoms with Gasteiger partial charge in [-0.15, -0.1) is 11.3 Å². The SMILES string of the molecule is CC1CCc2c(sc3ncn(CC(=O)Nc4ccccc4N4CCCC4=O)c(=O)c23)C1. The van der Waals surface area contributed by atoms with Gasteiger partial charge in [0.1, 0.15) is 11.4 Å². The van der Waals surface area contributed by atoms with Gasteiger partial charge in [0.15, 0.2) is 0 Å². The first-order valence-corrected chi connectivity index (χ1v) is 11.5. The van der Waals surface area contributed by atoms with Gasteiger partial charge in [-0.05, 0) is 49.3 Å². The number of amides is 2. The summed E-state index contributed by atoms with van der Waals surface area (Å²) in [6, 6.07) is 7.27. The van der Waals surface area contributed by atoms with Crippen LogP contribution < -0.4 is 15.8 Å². The predicted octanol–water partition coefficient (Wildman–Crippen LogP) is 3.35. The van der Waals surface area contributed by atoms with E-state index in [0.717, 1.165) is 36.1 Å². The van der Waals surface area contributed by atoms with Crippen molar-refractivity contribution in [1.82, 2.24) is 9.55 Å². The highest BCUT2D eigenvalue weighted by Crippen LogP contribution is 2.35. The van der Waals surface area contributed by atoms with E-state index in [9.17, 15) is 14.4 Å². The maximum absolute atomic E-state index is 13.1. The van der Waals surface area contributed by atoms with Gasteiger partial charge in [0, 0.05) is 17.8 Å². The Morgan fingerprint density at radius 1 is 1.26 bits per heavy atom. The highest BCUT2D eigenvalue weighted by molar-refractivity contribution is 7.18. The summed E-state index contributed by atoms with van der Waals surface area (Å²) < 4.78 is 1.38. The number of aromatic nitrogens is 2. The maximum Gasteiger partial charge on any atom is 0.262 e. The average molecular weight is 437 g/mol. The van der Waals surface area contributed by atoms with E-state index in [1.54, 1.807) is 22.3 Å². The molecule has 0 radical (unpaired) electrons. The van der Waals surface area contributed by atoms with Crippen molar-refractivity contribution in [3.8, 4) is 0 Å². The lowest BCUT2D eigenvalue weighted by Gasteiger charge is -2.20. The fourth-order valence-electron chi connectivity index (χ4n) is 4.54. The minimum atomic E-state index is -0.319. The molecule has 8 heteroatoms. The number of carbonyl (C=O) groups is 2. The second kappa shape index (κ2) is 7.92. The highest BCUT2D eigenvalue weighted by Gasteiger charge is 2.25. The van der Waals surface area contributed by atoms with E-state index >= 15 is 0 Å². The largest absolute Gasteiger partial charge is 0.323 e. The monoisotopic (exact) mass is 436 g/mol. The molecule has 1 unspecified atom stereocenters. The number of nitrogens with zero attached hydrogens (tertiary/aromatic N) is 3. The number of carbonyl (C=O) groups excluding carboxylic acids is 2. The van der Waals surface area contributed by atoms with Gasteiger partial charge in [-0.1, -0.05) is 19.1 Å². The Labute approximate surface area is 183 Å². The fraction of sp³-hybridized carbons (Fsp3) is 0.391. The summed E-state index contributed by atoms with van der Waals surface area (Å²) in [5, 5.41) is 3.55. The molecule has 5 rings (SSSR count). The summed E-state index contributed by atoms with van der Waals surface area (Å²) in [5.41, 5.74) is 2.23. The summed E-state index contributed by atoms with van der Waals surface area (Å²) in [6.45, 7) is 2.76. The minimum absolute atomic E-state index is 0.0594. The first kappa shape index (κ1) is 19.9. The van der Waals surface area contributed by atoms with E-state index in [-0.39, 0.29) is 23.9 Å². The minimum Gasteiger partial charge on any atom is -0.323 e. The number of anilines is 2. The smallest absolute Gasteiger partial charge is 0.262 e. The molecule has 160 valence electrons. The number of thiophene rings is 1. The van der Waals surface area contributed by atoms with Crippen LogP contribution in [-0.4, -0.2) is 27.9 Å². The number of nitrogens with one attached hydrogen (secondary N) is 1. The number of aryl methyl sites for hydroxylation is 1. The molecule has 3 aromatic rings. The van der Waals surface area contributed by atoms with Crippen LogP contribution in [0.15, 0.2) is 35.4 Å². The van der Waals surface area contributed by atoms with Gasteiger partial charge in [-0.3, -0.25) is 19.0 Å². The third-order valence-corrected chi connectivity index (χ3v) is 7.30. The van der Waals surface area contributed by atoms with Crippen LogP contribution in [0.2, 0.25) is 0 Å². The van der Waals surface area contributed by atoms with Crippen molar-refractivity contribution in [2.75, 3.05) is 16.8 Å². The van der Waals surface area contributed by atoms with Crippen LogP contribution in [0.1, 0.15) is 36.6 Å². The van der Waals surface area contributed by atoms with Crippen LogP contribution in [0.3, 0.4) is 0 Å². The summed E-state index contributed by atoms with van der Waals surface area (Å²) in [7, 11) is 0. The zero-order chi connectivity index (χ0) is 21.5. The van der Waals surface area contributed by atoms with Crippen molar-refractivity contribution in [2.24, 2.45) is 5.92 Å². The molecular formula is C23H24N4O3S. The van der Waals surface area contributed by atoms with Gasteiger partial charge in [-0.25, -0.2) is 4.98 Å². The molecular weight excluding hydrogens is 412 g/mol. The third-order valence-electron chi connectivity index (χ3n) is 6.14. The quantitative estimate of drug-likeness (QED) is 0.680. The number of para-hydroxylation sites is 2. The Balaban J connectivity index is 1.40. The van der Waals surface area contributed by atoms with E-state index in [1.807, 2.05) is 18.2 Å². The molecule has 7 nitrogen and oxygen atoms in total. The van der Waals surface area contributed by atoms with Gasteiger partial charge in [0.25, 0.3) is 5.56 Å². The molecule has 0 bridgehead atoms. The Hall–Kier alpha value is -3.00. The van der Waals surface area contributed by atoms with Crippen LogP contribution in [-0.2, 0) is 29.0 Å². The first-order valence-electron chi connectivity index (χ1n) is 10.7.